The molecule has 0 aromatic heterocycles. The Labute approximate surface area is 170 Å². The maximum atomic E-state index is 12.2. The fourth-order valence-electron chi connectivity index (χ4n) is 2.44. The van der Waals surface area contributed by atoms with Crippen LogP contribution in [0.15, 0.2) is 41.3 Å². The van der Waals surface area contributed by atoms with Gasteiger partial charge < -0.3 is 9.47 Å². The topological polar surface area (TPSA) is 55.8 Å². The number of hydrogen-bond acceptors (Lipinski definition) is 5. The molecule has 0 radical (unpaired) electrons. The first-order chi connectivity index (χ1) is 12.9. The van der Waals surface area contributed by atoms with E-state index in [1.54, 1.807) is 42.5 Å². The van der Waals surface area contributed by atoms with Crippen molar-refractivity contribution in [3.8, 4) is 11.5 Å². The highest BCUT2D eigenvalue weighted by molar-refractivity contribution is 8.18. The summed E-state index contributed by atoms with van der Waals surface area (Å²) in [7, 11) is 2.98. The van der Waals surface area contributed by atoms with Crippen LogP contribution in [0.3, 0.4) is 0 Å². The summed E-state index contributed by atoms with van der Waals surface area (Å²) < 4.78 is 11.3. The molecule has 2 amide bonds. The van der Waals surface area contributed by atoms with Crippen LogP contribution in [0.4, 0.5) is 4.79 Å². The van der Waals surface area contributed by atoms with Gasteiger partial charge in [0.15, 0.2) is 11.5 Å². The molecule has 27 heavy (non-hydrogen) atoms. The van der Waals surface area contributed by atoms with E-state index < -0.39 is 0 Å². The second-order valence-corrected chi connectivity index (χ2v) is 7.48. The van der Waals surface area contributed by atoms with Crippen molar-refractivity contribution in [2.24, 2.45) is 0 Å². The summed E-state index contributed by atoms with van der Waals surface area (Å²) in [6, 6.07) is 10.5. The van der Waals surface area contributed by atoms with Crippen molar-refractivity contribution in [1.29, 1.82) is 0 Å². The van der Waals surface area contributed by atoms with Crippen molar-refractivity contribution < 1.29 is 19.1 Å². The van der Waals surface area contributed by atoms with Gasteiger partial charge in [-0.15, -0.1) is 0 Å². The zero-order valence-corrected chi connectivity index (χ0v) is 16.8. The zero-order chi connectivity index (χ0) is 19.6. The third-order valence-corrected chi connectivity index (χ3v) is 5.44. The van der Waals surface area contributed by atoms with E-state index in [0.717, 1.165) is 22.2 Å². The quantitative estimate of drug-likeness (QED) is 0.614. The summed E-state index contributed by atoms with van der Waals surface area (Å²) in [5.74, 6) is 0.609. The van der Waals surface area contributed by atoms with Crippen LogP contribution in [-0.2, 0) is 11.4 Å². The van der Waals surface area contributed by atoms with Crippen molar-refractivity contribution in [1.82, 2.24) is 4.90 Å². The summed E-state index contributed by atoms with van der Waals surface area (Å²) in [6.45, 7) is 0.187. The molecule has 0 atom stereocenters. The summed E-state index contributed by atoms with van der Waals surface area (Å²) in [6.07, 6.45) is 1.62. The van der Waals surface area contributed by atoms with Gasteiger partial charge in [0.1, 0.15) is 6.61 Å². The molecule has 3 rings (SSSR count). The summed E-state index contributed by atoms with van der Waals surface area (Å²) in [5, 5.41) is 0.715. The number of halogens is 2. The van der Waals surface area contributed by atoms with Crippen LogP contribution >= 0.6 is 35.0 Å². The first kappa shape index (κ1) is 19.6. The molecule has 0 spiro atoms. The van der Waals surface area contributed by atoms with E-state index in [9.17, 15) is 9.59 Å². The fourth-order valence-corrected chi connectivity index (χ4v) is 3.72. The molecule has 1 saturated heterocycles. The van der Waals surface area contributed by atoms with Gasteiger partial charge in [0.25, 0.3) is 11.1 Å². The van der Waals surface area contributed by atoms with Crippen LogP contribution in [0, 0.1) is 0 Å². The number of benzene rings is 2. The normalized spacial score (nSPS) is 15.6. The number of thioether (sulfide) groups is 1. The van der Waals surface area contributed by atoms with E-state index in [-0.39, 0.29) is 17.8 Å². The SMILES string of the molecule is COc1cccc(/C=C2/SC(=O)N(C)C2=O)c1OCc1ccc(Cl)cc1Cl. The van der Waals surface area contributed by atoms with Crippen LogP contribution in [-0.4, -0.2) is 30.2 Å². The molecule has 1 aliphatic heterocycles. The van der Waals surface area contributed by atoms with Crippen LogP contribution < -0.4 is 9.47 Å². The summed E-state index contributed by atoms with van der Waals surface area (Å²) >= 11 is 13.0. The van der Waals surface area contributed by atoms with E-state index in [0.29, 0.717) is 32.0 Å². The van der Waals surface area contributed by atoms with Crippen LogP contribution in [0.5, 0.6) is 11.5 Å². The van der Waals surface area contributed by atoms with E-state index in [1.165, 1.54) is 14.2 Å². The first-order valence-electron chi connectivity index (χ1n) is 7.86. The van der Waals surface area contributed by atoms with Gasteiger partial charge in [-0.25, -0.2) is 0 Å². The number of likely N-dealkylation sites (N-methyl/N-ethyl adjacent to an activating group) is 1. The molecular weight excluding hydrogens is 409 g/mol. The Bertz CT molecular complexity index is 945. The molecule has 0 bridgehead atoms. The summed E-state index contributed by atoms with van der Waals surface area (Å²) in [5.41, 5.74) is 1.38. The minimum absolute atomic E-state index is 0.187. The molecule has 0 unspecified atom stereocenters. The van der Waals surface area contributed by atoms with E-state index in [2.05, 4.69) is 0 Å². The highest BCUT2D eigenvalue weighted by Crippen LogP contribution is 2.37. The maximum Gasteiger partial charge on any atom is 0.293 e. The van der Waals surface area contributed by atoms with Gasteiger partial charge in [0.2, 0.25) is 0 Å². The Morgan fingerprint density at radius 1 is 1.19 bits per heavy atom. The third-order valence-electron chi connectivity index (χ3n) is 3.89. The van der Waals surface area contributed by atoms with Gasteiger partial charge in [-0.2, -0.15) is 0 Å². The Morgan fingerprint density at radius 2 is 1.96 bits per heavy atom. The lowest BCUT2D eigenvalue weighted by atomic mass is 10.1. The third kappa shape index (κ3) is 4.24. The molecule has 2 aromatic carbocycles. The number of para-hydroxylation sites is 1. The molecule has 1 heterocycles. The van der Waals surface area contributed by atoms with Crippen molar-refractivity contribution in [3.63, 3.8) is 0 Å². The highest BCUT2D eigenvalue weighted by atomic mass is 35.5. The number of carbonyl (C=O) groups is 2. The van der Waals surface area contributed by atoms with Crippen molar-refractivity contribution in [2.75, 3.05) is 14.2 Å². The standard InChI is InChI=1S/C19H15Cl2NO4S/c1-22-18(23)16(27-19(22)24)8-11-4-3-5-15(25-2)17(11)26-10-12-6-7-13(20)9-14(12)21/h3-9H,10H2,1-2H3/b16-8+. The molecule has 1 aliphatic rings. The maximum absolute atomic E-state index is 12.2. The molecule has 1 fully saturated rings. The number of amides is 2. The monoisotopic (exact) mass is 423 g/mol. The first-order valence-corrected chi connectivity index (χ1v) is 9.43. The Hall–Kier alpha value is -2.15. The van der Waals surface area contributed by atoms with E-state index in [1.807, 2.05) is 0 Å². The number of ether oxygens (including phenoxy) is 2. The zero-order valence-electron chi connectivity index (χ0n) is 14.5. The van der Waals surface area contributed by atoms with E-state index >= 15 is 0 Å². The molecule has 140 valence electrons. The van der Waals surface area contributed by atoms with Crippen LogP contribution in [0.1, 0.15) is 11.1 Å². The number of carbonyl (C=O) groups excluding carboxylic acids is 2. The largest absolute Gasteiger partial charge is 0.493 e. The number of hydrogen-bond donors (Lipinski definition) is 0. The van der Waals surface area contributed by atoms with Gasteiger partial charge in [-0.05, 0) is 36.0 Å². The smallest absolute Gasteiger partial charge is 0.293 e. The molecule has 0 N–H and O–H groups in total. The van der Waals surface area contributed by atoms with Crippen LogP contribution in [0.25, 0.3) is 6.08 Å². The molecular formula is C19H15Cl2NO4S. The number of rotatable bonds is 5. The van der Waals surface area contributed by atoms with Gasteiger partial charge in [-0.3, -0.25) is 14.5 Å². The molecule has 8 heteroatoms. The average molecular weight is 424 g/mol. The Kier molecular flexibility index (Phi) is 5.99. The number of nitrogens with zero attached hydrogens (tertiary/aromatic N) is 1. The fraction of sp³-hybridized carbons (Fsp3) is 0.158. The van der Waals surface area contributed by atoms with Crippen molar-refractivity contribution in [3.05, 3.63) is 62.5 Å². The molecule has 2 aromatic rings. The van der Waals surface area contributed by atoms with Crippen molar-refractivity contribution >= 4 is 52.2 Å². The molecule has 0 saturated carbocycles. The number of imide groups is 1. The predicted molar refractivity (Wildman–Crippen MR) is 108 cm³/mol. The van der Waals surface area contributed by atoms with Crippen molar-refractivity contribution in [2.45, 2.75) is 6.61 Å². The second-order valence-electron chi connectivity index (χ2n) is 5.64. The minimum Gasteiger partial charge on any atom is -0.493 e. The minimum atomic E-state index is -0.348. The lowest BCUT2D eigenvalue weighted by Gasteiger charge is -2.14. The molecule has 5 nitrogen and oxygen atoms in total. The second kappa shape index (κ2) is 8.25. The van der Waals surface area contributed by atoms with E-state index in [4.69, 9.17) is 32.7 Å². The highest BCUT2D eigenvalue weighted by Gasteiger charge is 2.32. The number of methoxy groups -OCH3 is 1. The Balaban J connectivity index is 1.92. The van der Waals surface area contributed by atoms with Gasteiger partial charge >= 0.3 is 0 Å². The summed E-state index contributed by atoms with van der Waals surface area (Å²) in [4.78, 5) is 25.3. The van der Waals surface area contributed by atoms with Crippen LogP contribution in [0.2, 0.25) is 10.0 Å². The average Bonchev–Trinajstić information content (AvgIpc) is 2.88. The van der Waals surface area contributed by atoms with Gasteiger partial charge in [-0.1, -0.05) is 41.4 Å². The van der Waals surface area contributed by atoms with Gasteiger partial charge in [0.05, 0.1) is 12.0 Å². The predicted octanol–water partition coefficient (Wildman–Crippen LogP) is 5.25. The Morgan fingerprint density at radius 3 is 2.59 bits per heavy atom. The lowest BCUT2D eigenvalue weighted by Crippen LogP contribution is -2.22. The lowest BCUT2D eigenvalue weighted by molar-refractivity contribution is -0.121. The van der Waals surface area contributed by atoms with Gasteiger partial charge in [0, 0.05) is 28.2 Å². The molecule has 0 aliphatic carbocycles.